The first kappa shape index (κ1) is 23.8. The van der Waals surface area contributed by atoms with E-state index >= 15 is 0 Å². The van der Waals surface area contributed by atoms with Crippen molar-refractivity contribution in [2.75, 3.05) is 29.6 Å². The van der Waals surface area contributed by atoms with Gasteiger partial charge < -0.3 is 20.9 Å². The number of carbonyl (C=O) groups excluding carboxylic acids is 1. The van der Waals surface area contributed by atoms with Gasteiger partial charge in [-0.15, -0.1) is 0 Å². The number of fused-ring (bicyclic) bond motifs is 1. The molecule has 1 aliphatic carbocycles. The minimum atomic E-state index is -0.137. The number of nitrogens with one attached hydrogen (secondary N) is 3. The molecular formula is C27H36N6O. The molecule has 1 heterocycles. The van der Waals surface area contributed by atoms with Crippen molar-refractivity contribution in [2.45, 2.75) is 64.0 Å². The van der Waals surface area contributed by atoms with Gasteiger partial charge >= 0.3 is 6.03 Å². The molecule has 180 valence electrons. The third kappa shape index (κ3) is 5.58. The molecule has 0 spiro atoms. The zero-order valence-corrected chi connectivity index (χ0v) is 20.9. The Morgan fingerprint density at radius 2 is 1.56 bits per heavy atom. The first-order chi connectivity index (χ1) is 16.2. The highest BCUT2D eigenvalue weighted by atomic mass is 16.2. The number of anilines is 3. The van der Waals surface area contributed by atoms with Gasteiger partial charge in [0.2, 0.25) is 5.95 Å². The molecule has 1 aliphatic rings. The third-order valence-corrected chi connectivity index (χ3v) is 6.39. The van der Waals surface area contributed by atoms with E-state index in [4.69, 9.17) is 9.97 Å². The SMILES string of the molecule is CN(C)c1nc(NC2CCC(NC(=O)Nc3ccccc3C(C)(C)C)CC2)nc2ccccc12. The Labute approximate surface area is 202 Å². The molecule has 2 amide bonds. The Hall–Kier alpha value is -3.35. The van der Waals surface area contributed by atoms with Crippen LogP contribution in [0.5, 0.6) is 0 Å². The predicted molar refractivity (Wildman–Crippen MR) is 141 cm³/mol. The summed E-state index contributed by atoms with van der Waals surface area (Å²) in [5, 5.41) is 10.8. The molecule has 1 aromatic heterocycles. The zero-order chi connectivity index (χ0) is 24.3. The molecule has 0 bridgehead atoms. The molecule has 0 aliphatic heterocycles. The summed E-state index contributed by atoms with van der Waals surface area (Å²) >= 11 is 0. The zero-order valence-electron chi connectivity index (χ0n) is 20.9. The van der Waals surface area contributed by atoms with Crippen molar-refractivity contribution in [3.8, 4) is 0 Å². The number of rotatable bonds is 5. The lowest BCUT2D eigenvalue weighted by molar-refractivity contribution is 0.243. The average molecular weight is 461 g/mol. The van der Waals surface area contributed by atoms with Crippen LogP contribution >= 0.6 is 0 Å². The molecule has 7 nitrogen and oxygen atoms in total. The van der Waals surface area contributed by atoms with E-state index in [1.807, 2.05) is 55.4 Å². The highest BCUT2D eigenvalue weighted by Crippen LogP contribution is 2.30. The van der Waals surface area contributed by atoms with E-state index in [0.717, 1.165) is 53.7 Å². The smallest absolute Gasteiger partial charge is 0.319 e. The van der Waals surface area contributed by atoms with Gasteiger partial charge in [-0.05, 0) is 54.9 Å². The molecule has 3 N–H and O–H groups in total. The number of carbonyl (C=O) groups is 1. The van der Waals surface area contributed by atoms with Gasteiger partial charge in [0.1, 0.15) is 5.82 Å². The summed E-state index contributed by atoms with van der Waals surface area (Å²) in [6.45, 7) is 6.46. The summed E-state index contributed by atoms with van der Waals surface area (Å²) in [5.41, 5.74) is 2.90. The van der Waals surface area contributed by atoms with E-state index in [2.05, 4.69) is 48.9 Å². The Kier molecular flexibility index (Phi) is 6.91. The van der Waals surface area contributed by atoms with Gasteiger partial charge in [0.25, 0.3) is 0 Å². The van der Waals surface area contributed by atoms with Crippen LogP contribution in [0.25, 0.3) is 10.9 Å². The molecule has 0 unspecified atom stereocenters. The maximum Gasteiger partial charge on any atom is 0.319 e. The van der Waals surface area contributed by atoms with Gasteiger partial charge in [-0.25, -0.2) is 9.78 Å². The molecule has 4 rings (SSSR count). The fraction of sp³-hybridized carbons (Fsp3) is 0.444. The summed E-state index contributed by atoms with van der Waals surface area (Å²) in [6, 6.07) is 16.4. The van der Waals surface area contributed by atoms with E-state index in [1.165, 1.54) is 0 Å². The van der Waals surface area contributed by atoms with Gasteiger partial charge in [0, 0.05) is 37.3 Å². The number of amides is 2. The van der Waals surface area contributed by atoms with E-state index in [-0.39, 0.29) is 17.5 Å². The average Bonchev–Trinajstić information content (AvgIpc) is 2.79. The van der Waals surface area contributed by atoms with Gasteiger partial charge in [0.15, 0.2) is 0 Å². The van der Waals surface area contributed by atoms with Crippen LogP contribution in [-0.2, 0) is 5.41 Å². The summed E-state index contributed by atoms with van der Waals surface area (Å²) < 4.78 is 0. The summed E-state index contributed by atoms with van der Waals surface area (Å²) in [6.07, 6.45) is 3.74. The van der Waals surface area contributed by atoms with Gasteiger partial charge in [0.05, 0.1) is 5.52 Å². The normalized spacial score (nSPS) is 18.4. The second kappa shape index (κ2) is 9.87. The van der Waals surface area contributed by atoms with Crippen molar-refractivity contribution in [3.05, 3.63) is 54.1 Å². The summed E-state index contributed by atoms with van der Waals surface area (Å²) in [5.74, 6) is 1.58. The summed E-state index contributed by atoms with van der Waals surface area (Å²) in [4.78, 5) is 24.2. The number of urea groups is 1. The van der Waals surface area contributed by atoms with Crippen LogP contribution in [0, 0.1) is 0 Å². The molecule has 0 saturated heterocycles. The lowest BCUT2D eigenvalue weighted by Crippen LogP contribution is -2.42. The molecular weight excluding hydrogens is 424 g/mol. The van der Waals surface area contributed by atoms with E-state index < -0.39 is 0 Å². The minimum absolute atomic E-state index is 0.0368. The second-order valence-corrected chi connectivity index (χ2v) is 10.4. The molecule has 3 aromatic rings. The number of benzene rings is 2. The number of hydrogen-bond donors (Lipinski definition) is 3. The summed E-state index contributed by atoms with van der Waals surface area (Å²) in [7, 11) is 4.00. The molecule has 34 heavy (non-hydrogen) atoms. The van der Waals surface area contributed by atoms with Crippen LogP contribution < -0.4 is 20.9 Å². The minimum Gasteiger partial charge on any atom is -0.362 e. The predicted octanol–water partition coefficient (Wildman–Crippen LogP) is 5.54. The Balaban J connectivity index is 1.33. The van der Waals surface area contributed by atoms with Crippen molar-refractivity contribution in [3.63, 3.8) is 0 Å². The topological polar surface area (TPSA) is 82.2 Å². The van der Waals surface area contributed by atoms with Crippen molar-refractivity contribution in [1.29, 1.82) is 0 Å². The first-order valence-electron chi connectivity index (χ1n) is 12.1. The van der Waals surface area contributed by atoms with Gasteiger partial charge in [-0.3, -0.25) is 0 Å². The fourth-order valence-corrected chi connectivity index (χ4v) is 4.62. The third-order valence-electron chi connectivity index (χ3n) is 6.39. The van der Waals surface area contributed by atoms with Gasteiger partial charge in [-0.2, -0.15) is 4.98 Å². The highest BCUT2D eigenvalue weighted by Gasteiger charge is 2.24. The molecule has 0 radical (unpaired) electrons. The van der Waals surface area contributed by atoms with Crippen molar-refractivity contribution in [1.82, 2.24) is 15.3 Å². The largest absolute Gasteiger partial charge is 0.362 e. The number of para-hydroxylation sites is 2. The Morgan fingerprint density at radius 1 is 0.912 bits per heavy atom. The van der Waals surface area contributed by atoms with Crippen molar-refractivity contribution >= 4 is 34.4 Å². The standard InChI is InChI=1S/C27H36N6O/c1-27(2,3)21-11-7-9-13-23(21)31-26(34)29-19-16-14-18(15-17-19)28-25-30-22-12-8-6-10-20(22)24(32-25)33(4)5/h6-13,18-19H,14-17H2,1-5H3,(H,28,30,32)(H2,29,31,34). The van der Waals surface area contributed by atoms with E-state index in [9.17, 15) is 4.79 Å². The van der Waals surface area contributed by atoms with Crippen molar-refractivity contribution in [2.24, 2.45) is 0 Å². The Morgan fingerprint density at radius 3 is 2.26 bits per heavy atom. The molecule has 7 heteroatoms. The maximum absolute atomic E-state index is 12.7. The van der Waals surface area contributed by atoms with Crippen LogP contribution in [0.3, 0.4) is 0 Å². The Bertz CT molecular complexity index is 1150. The fourth-order valence-electron chi connectivity index (χ4n) is 4.62. The van der Waals surface area contributed by atoms with E-state index in [1.54, 1.807) is 0 Å². The lowest BCUT2D eigenvalue weighted by Gasteiger charge is -2.30. The number of hydrogen-bond acceptors (Lipinski definition) is 5. The highest BCUT2D eigenvalue weighted by molar-refractivity contribution is 5.91. The van der Waals surface area contributed by atoms with Crippen LogP contribution in [0.2, 0.25) is 0 Å². The van der Waals surface area contributed by atoms with Crippen LogP contribution in [0.4, 0.5) is 22.2 Å². The van der Waals surface area contributed by atoms with Crippen LogP contribution in [-0.4, -0.2) is 42.2 Å². The maximum atomic E-state index is 12.7. The van der Waals surface area contributed by atoms with Crippen molar-refractivity contribution < 1.29 is 4.79 Å². The van der Waals surface area contributed by atoms with Crippen LogP contribution in [0.15, 0.2) is 48.5 Å². The second-order valence-electron chi connectivity index (χ2n) is 10.4. The van der Waals surface area contributed by atoms with Gasteiger partial charge in [-0.1, -0.05) is 51.1 Å². The monoisotopic (exact) mass is 460 g/mol. The number of aromatic nitrogens is 2. The molecule has 2 aromatic carbocycles. The molecule has 1 saturated carbocycles. The molecule has 1 fully saturated rings. The first-order valence-corrected chi connectivity index (χ1v) is 12.1. The lowest BCUT2D eigenvalue weighted by atomic mass is 9.86. The molecule has 0 atom stereocenters. The number of nitrogens with zero attached hydrogens (tertiary/aromatic N) is 3. The van der Waals surface area contributed by atoms with E-state index in [0.29, 0.717) is 12.0 Å². The van der Waals surface area contributed by atoms with Crippen LogP contribution in [0.1, 0.15) is 52.0 Å². The quantitative estimate of drug-likeness (QED) is 0.466.